The zero-order valence-electron chi connectivity index (χ0n) is 9.74. The van der Waals surface area contributed by atoms with Crippen molar-refractivity contribution >= 4 is 5.91 Å². The molecule has 1 aliphatic heterocycles. The van der Waals surface area contributed by atoms with Crippen LogP contribution in [0.2, 0.25) is 0 Å². The van der Waals surface area contributed by atoms with Gasteiger partial charge in [-0.05, 0) is 25.2 Å². The van der Waals surface area contributed by atoms with Crippen molar-refractivity contribution in [3.05, 3.63) is 0 Å². The Morgan fingerprint density at radius 3 is 2.87 bits per heavy atom. The minimum absolute atomic E-state index is 0.190. The summed E-state index contributed by atoms with van der Waals surface area (Å²) in [6.07, 6.45) is 3.91. The van der Waals surface area contributed by atoms with Gasteiger partial charge in [-0.3, -0.25) is 4.79 Å². The van der Waals surface area contributed by atoms with Crippen LogP contribution in [0.25, 0.3) is 0 Å². The predicted octanol–water partition coefficient (Wildman–Crippen LogP) is 1.30. The molecule has 1 aliphatic rings. The van der Waals surface area contributed by atoms with Crippen LogP contribution in [-0.4, -0.2) is 30.0 Å². The summed E-state index contributed by atoms with van der Waals surface area (Å²) in [7, 11) is 0. The molecule has 15 heavy (non-hydrogen) atoms. The number of likely N-dealkylation sites (tertiary alicyclic amines) is 1. The van der Waals surface area contributed by atoms with Crippen LogP contribution in [0.5, 0.6) is 0 Å². The largest absolute Gasteiger partial charge is 0.337 e. The number of carbonyl (C=O) groups excluding carboxylic acids is 1. The highest BCUT2D eigenvalue weighted by molar-refractivity contribution is 5.76. The molecule has 0 bridgehead atoms. The molecule has 0 aromatic carbocycles. The van der Waals surface area contributed by atoms with Gasteiger partial charge in [0.15, 0.2) is 0 Å². The Balaban J connectivity index is 2.51. The Kier molecular flexibility index (Phi) is 5.05. The monoisotopic (exact) mass is 214 g/mol. The number of piperidine rings is 1. The van der Waals surface area contributed by atoms with E-state index in [1.165, 1.54) is 6.42 Å². The molecule has 1 fully saturated rings. The number of rotatable bonds is 4. The number of nitrogens with zero attached hydrogens (tertiary/aromatic N) is 1. The van der Waals surface area contributed by atoms with Crippen molar-refractivity contribution in [1.29, 1.82) is 0 Å². The molecule has 1 unspecified atom stereocenters. The maximum absolute atomic E-state index is 11.9. The van der Waals surface area contributed by atoms with Crippen molar-refractivity contribution in [3.8, 4) is 0 Å². The highest BCUT2D eigenvalue weighted by Gasteiger charge is 2.26. The molecule has 1 atom stereocenters. The summed E-state index contributed by atoms with van der Waals surface area (Å²) in [6, 6.07) is 0.190. The molecule has 0 aliphatic carbocycles. The van der Waals surface area contributed by atoms with E-state index in [2.05, 4.69) is 18.7 Å². The van der Waals surface area contributed by atoms with Gasteiger partial charge in [0.1, 0.15) is 0 Å². The van der Waals surface area contributed by atoms with Crippen LogP contribution in [0.1, 0.15) is 39.5 Å². The lowest BCUT2D eigenvalue weighted by atomic mass is 10.0. The summed E-state index contributed by atoms with van der Waals surface area (Å²) in [5.41, 5.74) is 0. The third kappa shape index (κ3) is 3.80. The fourth-order valence-electron chi connectivity index (χ4n) is 2.08. The average molecular weight is 214 g/mol. The number of carbonyl (C=O) groups is 1. The van der Waals surface area contributed by atoms with E-state index in [-0.39, 0.29) is 11.9 Å². The van der Waals surface area contributed by atoms with E-state index in [1.54, 1.807) is 0 Å². The van der Waals surface area contributed by atoms with Gasteiger partial charge in [-0.25, -0.2) is 5.90 Å². The normalized spacial score (nSPS) is 22.1. The van der Waals surface area contributed by atoms with Crippen LogP contribution >= 0.6 is 0 Å². The van der Waals surface area contributed by atoms with Crippen LogP contribution in [0, 0.1) is 5.92 Å². The molecule has 1 amide bonds. The molecule has 2 N–H and O–H groups in total. The summed E-state index contributed by atoms with van der Waals surface area (Å²) < 4.78 is 0. The lowest BCUT2D eigenvalue weighted by Crippen LogP contribution is -2.46. The van der Waals surface area contributed by atoms with Gasteiger partial charge in [0.25, 0.3) is 0 Å². The standard InChI is InChI=1S/C11H22N2O2/c1-9(2)7-11(14)13-6-4-3-5-10(13)8-15-12/h9-10H,3-8,12H2,1-2H3. The first-order chi connectivity index (χ1) is 7.15. The van der Waals surface area contributed by atoms with Gasteiger partial charge in [0.2, 0.25) is 5.91 Å². The lowest BCUT2D eigenvalue weighted by Gasteiger charge is -2.35. The molecule has 1 rings (SSSR count). The molecule has 1 saturated heterocycles. The molecule has 4 heteroatoms. The highest BCUT2D eigenvalue weighted by Crippen LogP contribution is 2.19. The molecule has 0 aromatic rings. The van der Waals surface area contributed by atoms with Crippen LogP contribution < -0.4 is 5.90 Å². The summed E-state index contributed by atoms with van der Waals surface area (Å²) in [4.78, 5) is 18.5. The number of amides is 1. The fourth-order valence-corrected chi connectivity index (χ4v) is 2.08. The van der Waals surface area contributed by atoms with Crippen molar-refractivity contribution in [2.75, 3.05) is 13.2 Å². The third-order valence-corrected chi connectivity index (χ3v) is 2.82. The van der Waals surface area contributed by atoms with E-state index >= 15 is 0 Å². The maximum Gasteiger partial charge on any atom is 0.223 e. The second kappa shape index (κ2) is 6.08. The van der Waals surface area contributed by atoms with Crippen molar-refractivity contribution in [2.45, 2.75) is 45.6 Å². The van der Waals surface area contributed by atoms with Gasteiger partial charge in [-0.2, -0.15) is 0 Å². The molecule has 0 aromatic heterocycles. The summed E-state index contributed by atoms with van der Waals surface area (Å²) >= 11 is 0. The van der Waals surface area contributed by atoms with Crippen LogP contribution in [0.15, 0.2) is 0 Å². The topological polar surface area (TPSA) is 55.6 Å². The molecule has 1 heterocycles. The van der Waals surface area contributed by atoms with Crippen LogP contribution in [0.4, 0.5) is 0 Å². The number of hydrogen-bond donors (Lipinski definition) is 1. The fraction of sp³-hybridized carbons (Fsp3) is 0.909. The summed E-state index contributed by atoms with van der Waals surface area (Å²) in [5.74, 6) is 5.74. The molecule has 4 nitrogen and oxygen atoms in total. The van der Waals surface area contributed by atoms with Gasteiger partial charge in [-0.1, -0.05) is 13.8 Å². The van der Waals surface area contributed by atoms with E-state index in [0.717, 1.165) is 19.4 Å². The quantitative estimate of drug-likeness (QED) is 0.718. The zero-order chi connectivity index (χ0) is 11.3. The number of hydrogen-bond acceptors (Lipinski definition) is 3. The number of nitrogens with two attached hydrogens (primary N) is 1. The molecule has 0 radical (unpaired) electrons. The Hall–Kier alpha value is -0.610. The van der Waals surface area contributed by atoms with Crippen molar-refractivity contribution < 1.29 is 9.63 Å². The van der Waals surface area contributed by atoms with Gasteiger partial charge in [0.05, 0.1) is 12.6 Å². The first-order valence-corrected chi connectivity index (χ1v) is 5.76. The van der Waals surface area contributed by atoms with E-state index in [0.29, 0.717) is 18.9 Å². The minimum atomic E-state index is 0.190. The molecular weight excluding hydrogens is 192 g/mol. The Labute approximate surface area is 91.7 Å². The molecule has 88 valence electrons. The molecular formula is C11H22N2O2. The second-order valence-electron chi connectivity index (χ2n) is 4.67. The SMILES string of the molecule is CC(C)CC(=O)N1CCCCC1CON. The van der Waals surface area contributed by atoms with Gasteiger partial charge < -0.3 is 9.74 Å². The Bertz CT molecular complexity index is 205. The van der Waals surface area contributed by atoms with Gasteiger partial charge in [-0.15, -0.1) is 0 Å². The van der Waals surface area contributed by atoms with Gasteiger partial charge in [0, 0.05) is 13.0 Å². The Morgan fingerprint density at radius 1 is 1.53 bits per heavy atom. The maximum atomic E-state index is 11.9. The first kappa shape index (κ1) is 12.5. The second-order valence-corrected chi connectivity index (χ2v) is 4.67. The molecule has 0 spiro atoms. The van der Waals surface area contributed by atoms with Crippen molar-refractivity contribution in [1.82, 2.24) is 4.90 Å². The summed E-state index contributed by atoms with van der Waals surface area (Å²) in [6.45, 7) is 5.45. The van der Waals surface area contributed by atoms with E-state index in [4.69, 9.17) is 5.90 Å². The third-order valence-electron chi connectivity index (χ3n) is 2.82. The van der Waals surface area contributed by atoms with Crippen LogP contribution in [-0.2, 0) is 9.63 Å². The molecule has 0 saturated carbocycles. The minimum Gasteiger partial charge on any atom is -0.337 e. The Morgan fingerprint density at radius 2 is 2.27 bits per heavy atom. The first-order valence-electron chi connectivity index (χ1n) is 5.76. The highest BCUT2D eigenvalue weighted by atomic mass is 16.6. The smallest absolute Gasteiger partial charge is 0.223 e. The lowest BCUT2D eigenvalue weighted by molar-refractivity contribution is -0.137. The predicted molar refractivity (Wildman–Crippen MR) is 58.9 cm³/mol. The van der Waals surface area contributed by atoms with E-state index < -0.39 is 0 Å². The zero-order valence-corrected chi connectivity index (χ0v) is 9.74. The van der Waals surface area contributed by atoms with Crippen molar-refractivity contribution in [3.63, 3.8) is 0 Å². The average Bonchev–Trinajstić information content (AvgIpc) is 2.18. The van der Waals surface area contributed by atoms with E-state index in [1.807, 2.05) is 4.90 Å². The van der Waals surface area contributed by atoms with E-state index in [9.17, 15) is 4.79 Å². The van der Waals surface area contributed by atoms with Gasteiger partial charge >= 0.3 is 0 Å². The van der Waals surface area contributed by atoms with Crippen molar-refractivity contribution in [2.24, 2.45) is 11.8 Å². The van der Waals surface area contributed by atoms with Crippen LogP contribution in [0.3, 0.4) is 0 Å². The summed E-state index contributed by atoms with van der Waals surface area (Å²) in [5, 5.41) is 0.